The summed E-state index contributed by atoms with van der Waals surface area (Å²) in [6, 6.07) is 13.9. The molecule has 2 unspecified atom stereocenters. The highest BCUT2D eigenvalue weighted by Crippen LogP contribution is 2.48. The first-order valence-corrected chi connectivity index (χ1v) is 10.3. The number of halogens is 1. The van der Waals surface area contributed by atoms with Crippen molar-refractivity contribution in [2.24, 2.45) is 5.10 Å². The summed E-state index contributed by atoms with van der Waals surface area (Å²) in [5, 5.41) is 11.9. The van der Waals surface area contributed by atoms with Crippen molar-refractivity contribution in [2.45, 2.75) is 18.7 Å². The van der Waals surface area contributed by atoms with Gasteiger partial charge in [0.1, 0.15) is 5.75 Å². The highest BCUT2D eigenvalue weighted by Gasteiger charge is 2.41. The van der Waals surface area contributed by atoms with E-state index in [1.54, 1.807) is 11.3 Å². The van der Waals surface area contributed by atoms with E-state index in [-0.39, 0.29) is 19.1 Å². The zero-order valence-corrected chi connectivity index (χ0v) is 16.2. The molecule has 2 aromatic carbocycles. The zero-order chi connectivity index (χ0) is 18.7. The summed E-state index contributed by atoms with van der Waals surface area (Å²) >= 11 is 7.94. The Morgan fingerprint density at radius 2 is 1.93 bits per heavy atom. The van der Waals surface area contributed by atoms with Crippen LogP contribution in [0.1, 0.15) is 35.4 Å². The van der Waals surface area contributed by atoms with Gasteiger partial charge in [0.05, 0.1) is 11.8 Å². The number of hydrazone groups is 1. The average molecular weight is 411 g/mol. The maximum atomic E-state index is 6.33. The first-order valence-electron chi connectivity index (χ1n) is 9.00. The summed E-state index contributed by atoms with van der Waals surface area (Å²) in [5.74, 6) is 2.40. The van der Waals surface area contributed by atoms with E-state index in [2.05, 4.69) is 21.8 Å². The van der Waals surface area contributed by atoms with Crippen LogP contribution in [0, 0.1) is 0 Å². The minimum Gasteiger partial charge on any atom is -0.464 e. The quantitative estimate of drug-likeness (QED) is 0.569. The number of fused-ring (bicyclic) bond motifs is 4. The van der Waals surface area contributed by atoms with Gasteiger partial charge >= 0.3 is 0 Å². The predicted octanol–water partition coefficient (Wildman–Crippen LogP) is 5.37. The van der Waals surface area contributed by atoms with Crippen molar-refractivity contribution in [3.8, 4) is 17.2 Å². The Kier molecular flexibility index (Phi) is 3.58. The molecule has 1 aromatic heterocycles. The van der Waals surface area contributed by atoms with Gasteiger partial charge in [-0.2, -0.15) is 16.4 Å². The lowest BCUT2D eigenvalue weighted by atomic mass is 9.96. The Labute approximate surface area is 170 Å². The monoisotopic (exact) mass is 410 g/mol. The third kappa shape index (κ3) is 2.48. The van der Waals surface area contributed by atoms with E-state index in [4.69, 9.17) is 30.9 Å². The van der Waals surface area contributed by atoms with Crippen LogP contribution < -0.4 is 14.2 Å². The van der Waals surface area contributed by atoms with Crippen molar-refractivity contribution in [1.29, 1.82) is 0 Å². The van der Waals surface area contributed by atoms with Crippen LogP contribution in [0.4, 0.5) is 0 Å². The Morgan fingerprint density at radius 3 is 2.82 bits per heavy atom. The molecule has 0 N–H and O–H groups in total. The Morgan fingerprint density at radius 1 is 1.04 bits per heavy atom. The number of hydrogen-bond donors (Lipinski definition) is 0. The van der Waals surface area contributed by atoms with Crippen LogP contribution in [-0.2, 0) is 0 Å². The normalized spacial score (nSPS) is 21.8. The van der Waals surface area contributed by atoms with E-state index < -0.39 is 0 Å². The second-order valence-electron chi connectivity index (χ2n) is 6.92. The molecule has 2 atom stereocenters. The van der Waals surface area contributed by atoms with Crippen molar-refractivity contribution in [1.82, 2.24) is 5.01 Å². The fourth-order valence-electron chi connectivity index (χ4n) is 3.94. The van der Waals surface area contributed by atoms with E-state index in [0.717, 1.165) is 46.1 Å². The molecule has 5 nitrogen and oxygen atoms in total. The number of rotatable bonds is 2. The van der Waals surface area contributed by atoms with Crippen LogP contribution in [0.25, 0.3) is 0 Å². The van der Waals surface area contributed by atoms with Gasteiger partial charge < -0.3 is 14.2 Å². The van der Waals surface area contributed by atoms with Crippen LogP contribution in [-0.4, -0.2) is 17.5 Å². The van der Waals surface area contributed by atoms with Gasteiger partial charge in [-0.05, 0) is 53.2 Å². The van der Waals surface area contributed by atoms with Crippen molar-refractivity contribution < 1.29 is 14.2 Å². The molecule has 0 saturated carbocycles. The fourth-order valence-corrected chi connectivity index (χ4v) is 4.79. The second-order valence-corrected chi connectivity index (χ2v) is 8.14. The van der Waals surface area contributed by atoms with E-state index in [1.807, 2.05) is 36.4 Å². The molecule has 7 heteroatoms. The summed E-state index contributed by atoms with van der Waals surface area (Å²) in [6.07, 6.45) is 0.521. The summed E-state index contributed by atoms with van der Waals surface area (Å²) in [6.45, 7) is 0.264. The molecule has 0 spiro atoms. The van der Waals surface area contributed by atoms with Crippen molar-refractivity contribution in [3.63, 3.8) is 0 Å². The van der Waals surface area contributed by atoms with Gasteiger partial charge in [0.25, 0.3) is 0 Å². The van der Waals surface area contributed by atoms with Crippen molar-refractivity contribution in [3.05, 3.63) is 74.9 Å². The van der Waals surface area contributed by atoms with Gasteiger partial charge in [-0.25, -0.2) is 5.01 Å². The molecule has 0 saturated heterocycles. The fraction of sp³-hybridized carbons (Fsp3) is 0.190. The number of thiophene rings is 1. The maximum absolute atomic E-state index is 6.33. The topological polar surface area (TPSA) is 43.3 Å². The van der Waals surface area contributed by atoms with Crippen LogP contribution >= 0.6 is 22.9 Å². The highest BCUT2D eigenvalue weighted by molar-refractivity contribution is 7.07. The highest BCUT2D eigenvalue weighted by atomic mass is 35.5. The van der Waals surface area contributed by atoms with Crippen LogP contribution in [0.3, 0.4) is 0 Å². The lowest BCUT2D eigenvalue weighted by Crippen LogP contribution is -2.33. The van der Waals surface area contributed by atoms with E-state index in [0.29, 0.717) is 5.02 Å². The smallest absolute Gasteiger partial charge is 0.231 e. The molecular weight excluding hydrogens is 396 g/mol. The van der Waals surface area contributed by atoms with Gasteiger partial charge in [0.2, 0.25) is 13.0 Å². The Hall–Kier alpha value is -2.70. The largest absolute Gasteiger partial charge is 0.464 e. The predicted molar refractivity (Wildman–Crippen MR) is 107 cm³/mol. The summed E-state index contributed by atoms with van der Waals surface area (Å²) < 4.78 is 17.3. The van der Waals surface area contributed by atoms with Crippen molar-refractivity contribution >= 4 is 28.6 Å². The lowest BCUT2D eigenvalue weighted by Gasteiger charge is -2.37. The van der Waals surface area contributed by atoms with Gasteiger partial charge in [-0.15, -0.1) is 0 Å². The second kappa shape index (κ2) is 6.15. The number of benzene rings is 2. The molecule has 0 bridgehead atoms. The number of hydrogen-bond acceptors (Lipinski definition) is 6. The third-order valence-electron chi connectivity index (χ3n) is 5.29. The first kappa shape index (κ1) is 16.3. The van der Waals surface area contributed by atoms with E-state index in [9.17, 15) is 0 Å². The van der Waals surface area contributed by atoms with Gasteiger partial charge in [0, 0.05) is 28.1 Å². The summed E-state index contributed by atoms with van der Waals surface area (Å²) in [4.78, 5) is 0. The van der Waals surface area contributed by atoms with Gasteiger partial charge in [0.15, 0.2) is 11.5 Å². The van der Waals surface area contributed by atoms with Crippen molar-refractivity contribution in [2.75, 3.05) is 6.79 Å². The lowest BCUT2D eigenvalue weighted by molar-refractivity contribution is -0.0187. The number of ether oxygens (including phenoxy) is 3. The Bertz CT molecular complexity index is 1100. The first-order chi connectivity index (χ1) is 13.8. The molecule has 0 fully saturated rings. The molecule has 3 aliphatic heterocycles. The van der Waals surface area contributed by atoms with Crippen LogP contribution in [0.2, 0.25) is 5.02 Å². The molecule has 0 amide bonds. The third-order valence-corrected chi connectivity index (χ3v) is 6.22. The average Bonchev–Trinajstić information content (AvgIpc) is 3.46. The molecule has 6 rings (SSSR count). The SMILES string of the molecule is Clc1ccc2c(c1)C1CC(c3ccc4c(c3)OCO4)=NN1C(c1ccsc1)O2. The summed E-state index contributed by atoms with van der Waals surface area (Å²) in [7, 11) is 0. The molecule has 3 aromatic rings. The molecule has 140 valence electrons. The van der Waals surface area contributed by atoms with Crippen LogP contribution in [0.5, 0.6) is 17.2 Å². The molecule has 3 aliphatic rings. The standard InChI is InChI=1S/C21H15ClN2O3S/c22-14-2-4-18-15(8-14)17-9-16(12-1-3-19-20(7-12)26-11-25-19)23-24(17)21(27-18)13-5-6-28-10-13/h1-8,10,17,21H,9,11H2. The van der Waals surface area contributed by atoms with Gasteiger partial charge in [-0.1, -0.05) is 11.6 Å². The molecule has 0 aliphatic carbocycles. The molecular formula is C21H15ClN2O3S. The minimum absolute atomic E-state index is 0.0766. The number of nitrogens with zero attached hydrogens (tertiary/aromatic N) is 2. The van der Waals surface area contributed by atoms with Gasteiger partial charge in [-0.3, -0.25) is 0 Å². The van der Waals surface area contributed by atoms with Crippen LogP contribution in [0.15, 0.2) is 58.3 Å². The van der Waals surface area contributed by atoms with E-state index in [1.165, 1.54) is 0 Å². The molecule has 4 heterocycles. The maximum Gasteiger partial charge on any atom is 0.231 e. The zero-order valence-electron chi connectivity index (χ0n) is 14.7. The summed E-state index contributed by atoms with van der Waals surface area (Å²) in [5.41, 5.74) is 4.20. The molecule has 28 heavy (non-hydrogen) atoms. The van der Waals surface area contributed by atoms with E-state index >= 15 is 0 Å². The Balaban J connectivity index is 1.44. The molecule has 0 radical (unpaired) electrons. The minimum atomic E-state index is -0.253.